The van der Waals surface area contributed by atoms with Gasteiger partial charge in [0.05, 0.1) is 122 Å². The number of fused-ring (bicyclic) bond motifs is 15. The van der Waals surface area contributed by atoms with Gasteiger partial charge in [0.2, 0.25) is 0 Å². The summed E-state index contributed by atoms with van der Waals surface area (Å²) >= 11 is 0. The zero-order valence-electron chi connectivity index (χ0n) is 82.2. The molecule has 4 atom stereocenters. The number of rotatable bonds is 17. The fourth-order valence-corrected chi connectivity index (χ4v) is 22.6. The van der Waals surface area contributed by atoms with Gasteiger partial charge in [-0.2, -0.15) is 35.6 Å². The van der Waals surface area contributed by atoms with Crippen LogP contribution < -0.4 is 29.1 Å². The molecule has 4 saturated carbocycles. The van der Waals surface area contributed by atoms with Crippen LogP contribution in [0.15, 0.2) is 109 Å². The van der Waals surface area contributed by atoms with Gasteiger partial charge in [-0.25, -0.2) is 23.7 Å². The Balaban J connectivity index is 0.000000147. The van der Waals surface area contributed by atoms with Gasteiger partial charge in [-0.05, 0) is 246 Å². The first-order chi connectivity index (χ1) is 66.9. The highest BCUT2D eigenvalue weighted by atomic mass is 32.2. The largest absolute Gasteiger partial charge is 0.673 e. The molecule has 10 aromatic rings. The van der Waals surface area contributed by atoms with Crippen LogP contribution in [0, 0.1) is 0 Å². The predicted octanol–water partition coefficient (Wildman–Crippen LogP) is 13.7. The summed E-state index contributed by atoms with van der Waals surface area (Å²) in [6, 6.07) is 33.9. The number of carbonyl (C=O) groups is 4. The normalized spacial score (nSPS) is 20.1. The van der Waals surface area contributed by atoms with Crippen LogP contribution >= 0.6 is 0 Å². The number of hydrogen-bond acceptors (Lipinski definition) is 20. The summed E-state index contributed by atoms with van der Waals surface area (Å²) in [5, 5.41) is 33.5. The number of aromatic carboxylic acids is 1. The molecule has 40 heteroatoms. The van der Waals surface area contributed by atoms with Crippen molar-refractivity contribution < 1.29 is 82.0 Å². The number of carboxylic acid groups (broad SMARTS) is 1. The molecule has 4 bridgehead atoms. The second kappa shape index (κ2) is 43.2. The average Bonchev–Trinajstić information content (AvgIpc) is 1.57. The van der Waals surface area contributed by atoms with Crippen molar-refractivity contribution in [3.05, 3.63) is 165 Å². The summed E-state index contributed by atoms with van der Waals surface area (Å²) in [6.45, 7) is 9.05. The molecule has 3 amide bonds. The lowest BCUT2D eigenvalue weighted by Gasteiger charge is -2.39. The summed E-state index contributed by atoms with van der Waals surface area (Å²) in [6.07, 6.45) is 29.6. The van der Waals surface area contributed by atoms with E-state index < -0.39 is 45.5 Å². The number of morpholine rings is 1. The topological polar surface area (TPSA) is 332 Å². The van der Waals surface area contributed by atoms with Gasteiger partial charge in [0.1, 0.15) is 28.1 Å². The molecular formula is C100H131BF4N20O13S2. The lowest BCUT2D eigenvalue weighted by Crippen LogP contribution is -2.54. The molecule has 4 unspecified atom stereocenters. The molecule has 0 radical (unpaired) electrons. The minimum Gasteiger partial charge on any atom is -0.497 e. The van der Waals surface area contributed by atoms with Crippen molar-refractivity contribution in [1.29, 1.82) is 0 Å². The van der Waals surface area contributed by atoms with Crippen LogP contribution in [0.4, 0.5) is 17.3 Å². The number of halogens is 4. The second-order valence-electron chi connectivity index (χ2n) is 39.4. The number of carbonyl (C=O) groups excluding carboxylic acids is 3. The Bertz CT molecular complexity index is 6540. The van der Waals surface area contributed by atoms with Crippen LogP contribution in [-0.2, 0) is 38.2 Å². The number of ether oxygens (including phenoxy) is 3. The van der Waals surface area contributed by atoms with Crippen LogP contribution in [0.5, 0.6) is 11.5 Å². The molecule has 4 aliphatic carbocycles. The van der Waals surface area contributed by atoms with Crippen molar-refractivity contribution in [1.82, 2.24) is 91.7 Å². The van der Waals surface area contributed by atoms with Crippen molar-refractivity contribution in [2.45, 2.75) is 190 Å². The number of nitrogens with zero attached hydrogens (tertiary/aromatic N) is 17. The van der Waals surface area contributed by atoms with E-state index in [0.717, 1.165) is 252 Å². The Morgan fingerprint density at radius 2 is 0.979 bits per heavy atom. The number of piperazine rings is 2. The first-order valence-corrected chi connectivity index (χ1v) is 51.6. The summed E-state index contributed by atoms with van der Waals surface area (Å²) in [4.78, 5) is 72.5. The molecule has 5 aromatic heterocycles. The number of allylic oxidation sites excluding steroid dienone is 2. The number of amidine groups is 1. The molecule has 0 spiro atoms. The second-order valence-corrected chi connectivity index (χ2v) is 43.2. The molecule has 12 heterocycles. The van der Waals surface area contributed by atoms with E-state index in [4.69, 9.17) is 24.1 Å². The fraction of sp³-hybridized carbons (Fsp3) is 0.510. The average molecular weight is 1970 g/mol. The lowest BCUT2D eigenvalue weighted by atomic mass is 9.81. The Morgan fingerprint density at radius 1 is 0.529 bits per heavy atom. The van der Waals surface area contributed by atoms with Crippen molar-refractivity contribution in [2.24, 2.45) is 0 Å². The van der Waals surface area contributed by atoms with E-state index in [-0.39, 0.29) is 46.8 Å². The van der Waals surface area contributed by atoms with Crippen LogP contribution in [-0.4, -0.2) is 309 Å². The van der Waals surface area contributed by atoms with Gasteiger partial charge in [0, 0.05) is 136 Å². The highest BCUT2D eigenvalue weighted by molar-refractivity contribution is 7.88. The molecule has 9 fully saturated rings. The van der Waals surface area contributed by atoms with E-state index >= 15 is 0 Å². The highest BCUT2D eigenvalue weighted by Crippen LogP contribution is 2.52. The third-order valence-corrected chi connectivity index (χ3v) is 31.6. The molecule has 21 rings (SSSR count). The molecule has 5 saturated heterocycles. The van der Waals surface area contributed by atoms with Crippen LogP contribution in [0.1, 0.15) is 227 Å². The van der Waals surface area contributed by atoms with E-state index in [0.29, 0.717) is 48.0 Å². The van der Waals surface area contributed by atoms with Crippen LogP contribution in [0.3, 0.4) is 0 Å². The minimum atomic E-state index is -6.00. The predicted molar refractivity (Wildman–Crippen MR) is 534 cm³/mol. The number of aromatic nitrogens is 9. The number of hydrogen-bond donors (Lipinski definition) is 4. The van der Waals surface area contributed by atoms with Gasteiger partial charge >= 0.3 is 39.7 Å². The molecule has 7 aliphatic heterocycles. The number of nitrogens with one attached hydrogen (secondary N) is 3. The molecule has 752 valence electrons. The van der Waals surface area contributed by atoms with E-state index in [9.17, 15) is 58.4 Å². The SMILES string of the molecule is CN(C)C(On1nnc2ccccc21)=[N+](C)C.CN1CC2CCC(C1)N2.CN1CCOCC1.COc1ccc2c(c1)C=C(c1c(C(=O)N3C4CCC3CN(C)C4)cnn1C1CCC1)Cn1c-2c(C2CCCCC2)c2ccc(C(=O)NS(=O)(=O)N(C)C)cc21.COc1ccc2c(c1)C=C(c1c(C(=O)O)cnn1C1CCC1)Cn1c-2c(C2CCCCC2)c2ccc(C(=O)NS(=O)(=O)N(C)C)cc21.F[B-](F)(F)F. The maximum atomic E-state index is 14.9. The molecule has 33 nitrogen and oxygen atoms in total. The molecule has 11 aliphatic rings. The Hall–Kier alpha value is -11.4. The summed E-state index contributed by atoms with van der Waals surface area (Å²) in [5.41, 5.74) is 16.3. The quantitative estimate of drug-likeness (QED) is 0.0216. The highest BCUT2D eigenvalue weighted by Gasteiger charge is 2.45. The standard InChI is InChI=1S/C42H51N7O5S.C35H39N5O6S.C11H16N5O.C7H14N2.C5H11NO.BF4/c1-45(2)55(52,53)44-41(50)27-13-17-35-37(21-27)47-23-29(19-28-20-33(54-4)16-18-34(28)40(47)38(35)26-9-6-5-7-10-26)39-36(22-43-49(39)30-11-8-12-30)42(51)48-31-14-15-32(48)25-46(3)24-31;1-38(2)47(44,45)37-34(41)22-12-14-28-30(18-22)39-20-24(32-29(35(42)43)19-36-40(32)25-10-7-11-25)16-23-17-26(46-3)13-15-27(23)33(39)31(28)21-8-5-4-6-9-21;1-14(2)11(15(3)4)17-16-10-8-6-5-7-9(10)12-13-16;1-9-4-6-2-3-7(5-9)8-6;1-6-2-4-7-5-3-6;2-1(3,4)5/h13,16-22,26,30-32H,5-12,14-15,23-25H2,1-4H3,(H,44,50);12-19,21,25H,4-11,20H2,1-3H3,(H,37,41)(H,42,43);5-8H,1-4H3;6-8H,2-5H2,1H3;2-5H2,1H3;/q;;+1;;;-1. The van der Waals surface area contributed by atoms with Gasteiger partial charge in [-0.3, -0.25) is 28.6 Å². The smallest absolute Gasteiger partial charge is 0.497 e. The van der Waals surface area contributed by atoms with E-state index in [1.807, 2.05) is 109 Å². The van der Waals surface area contributed by atoms with E-state index in [1.54, 1.807) is 32.4 Å². The van der Waals surface area contributed by atoms with E-state index in [1.165, 1.54) is 89.1 Å². The fourth-order valence-electron chi connectivity index (χ4n) is 21.5. The van der Waals surface area contributed by atoms with Crippen molar-refractivity contribution in [3.8, 4) is 34.0 Å². The maximum Gasteiger partial charge on any atom is 0.673 e. The number of methoxy groups -OCH3 is 2. The molecule has 5 aromatic carbocycles. The van der Waals surface area contributed by atoms with Gasteiger partial charge in [-0.15, -0.1) is 5.10 Å². The Labute approximate surface area is 815 Å². The number of likely N-dealkylation sites (tertiary alicyclic amines) is 2. The van der Waals surface area contributed by atoms with Gasteiger partial charge in [0.15, 0.2) is 0 Å². The van der Waals surface area contributed by atoms with Crippen molar-refractivity contribution >= 4 is 114 Å². The number of para-hydroxylation sites is 1. The number of carboxylic acids is 1. The number of amides is 3. The summed E-state index contributed by atoms with van der Waals surface area (Å²) in [5.74, 6) is -0.334. The van der Waals surface area contributed by atoms with Gasteiger partial charge in [-0.1, -0.05) is 67.6 Å². The Morgan fingerprint density at radius 3 is 1.39 bits per heavy atom. The van der Waals surface area contributed by atoms with Crippen LogP contribution in [0.25, 0.3) is 78.7 Å². The summed E-state index contributed by atoms with van der Waals surface area (Å²) in [7, 11) is 8.94. The Kier molecular flexibility index (Phi) is 31.4. The van der Waals surface area contributed by atoms with E-state index in [2.05, 4.69) is 115 Å². The molecule has 4 N–H and O–H groups in total. The zero-order chi connectivity index (χ0) is 99.5. The molecular weight excluding hydrogens is 1840 g/mol. The first kappa shape index (κ1) is 102. The monoisotopic (exact) mass is 1970 g/mol. The lowest BCUT2D eigenvalue weighted by molar-refractivity contribution is -0.480. The van der Waals surface area contributed by atoms with Gasteiger partial charge < -0.3 is 70.6 Å². The third kappa shape index (κ3) is 22.4. The third-order valence-electron chi connectivity index (χ3n) is 28.8. The molecule has 140 heavy (non-hydrogen) atoms. The first-order valence-electron chi connectivity index (χ1n) is 48.7. The van der Waals surface area contributed by atoms with Crippen LogP contribution in [0.2, 0.25) is 0 Å². The maximum absolute atomic E-state index is 14.9. The number of benzene rings is 5. The van der Waals surface area contributed by atoms with Crippen molar-refractivity contribution in [2.75, 3.05) is 144 Å². The summed E-state index contributed by atoms with van der Waals surface area (Å²) < 4.78 is 123. The zero-order valence-corrected chi connectivity index (χ0v) is 83.9. The number of likely N-dealkylation sites (N-methyl/N-ethyl adjacent to an activating group) is 3. The minimum absolute atomic E-state index is 0.0544. The van der Waals surface area contributed by atoms with Crippen molar-refractivity contribution in [3.63, 3.8) is 0 Å². The van der Waals surface area contributed by atoms with Gasteiger partial charge in [0.25, 0.3) is 17.7 Å².